The van der Waals surface area contributed by atoms with Gasteiger partial charge in [0.25, 0.3) is 0 Å². The van der Waals surface area contributed by atoms with Gasteiger partial charge in [-0.05, 0) is 58.7 Å². The van der Waals surface area contributed by atoms with Gasteiger partial charge in [0, 0.05) is 11.9 Å². The van der Waals surface area contributed by atoms with Gasteiger partial charge in [-0.25, -0.2) is 14.4 Å². The standard InChI is InChI=1S/C15H25N3O2.C2H2O4/c1-15(2,3)20-14(19)18-10-12(16)4-5-13(18)11-6-8-17-9-7-11;3-1(4)2(5)6/h4-5,10-11,13,17H,6-9,16H2,1-3H3;(H,3,4)(H,5,6). The average molecular weight is 369 g/mol. The van der Waals surface area contributed by atoms with Gasteiger partial charge in [0.1, 0.15) is 5.60 Å². The monoisotopic (exact) mass is 369 g/mol. The summed E-state index contributed by atoms with van der Waals surface area (Å²) in [5.41, 5.74) is 5.91. The summed E-state index contributed by atoms with van der Waals surface area (Å²) in [4.78, 5) is 32.2. The summed E-state index contributed by atoms with van der Waals surface area (Å²) in [6.07, 6.45) is 7.39. The SMILES string of the molecule is CC(C)(C)OC(=O)N1C=C(N)C=CC1C1CCNCC1.O=C(O)C(=O)O. The molecular weight excluding hydrogens is 342 g/mol. The lowest BCUT2D eigenvalue weighted by Crippen LogP contribution is -2.47. The number of nitrogens with one attached hydrogen (secondary N) is 1. The first-order valence-electron chi connectivity index (χ1n) is 8.35. The van der Waals surface area contributed by atoms with E-state index in [9.17, 15) is 4.79 Å². The number of carbonyl (C=O) groups excluding carboxylic acids is 1. The second-order valence-electron chi connectivity index (χ2n) is 7.06. The largest absolute Gasteiger partial charge is 0.473 e. The zero-order chi connectivity index (χ0) is 19.9. The normalized spacial score (nSPS) is 20.5. The van der Waals surface area contributed by atoms with Crippen LogP contribution in [0.25, 0.3) is 0 Å². The lowest BCUT2D eigenvalue weighted by Gasteiger charge is -2.37. The van der Waals surface area contributed by atoms with Crippen molar-refractivity contribution in [2.45, 2.75) is 45.3 Å². The van der Waals surface area contributed by atoms with Gasteiger partial charge in [-0.2, -0.15) is 0 Å². The summed E-state index contributed by atoms with van der Waals surface area (Å²) in [5, 5.41) is 18.1. The number of hydrogen-bond acceptors (Lipinski definition) is 6. The van der Waals surface area contributed by atoms with Gasteiger partial charge in [0.05, 0.1) is 6.04 Å². The maximum Gasteiger partial charge on any atom is 0.414 e. The molecule has 1 unspecified atom stereocenters. The smallest absolute Gasteiger partial charge is 0.414 e. The Kier molecular flexibility index (Phi) is 7.63. The highest BCUT2D eigenvalue weighted by molar-refractivity contribution is 6.27. The fraction of sp³-hybridized carbons (Fsp3) is 0.588. The van der Waals surface area contributed by atoms with Gasteiger partial charge in [-0.3, -0.25) is 4.90 Å². The molecule has 1 atom stereocenters. The zero-order valence-electron chi connectivity index (χ0n) is 15.3. The Morgan fingerprint density at radius 2 is 1.73 bits per heavy atom. The van der Waals surface area contributed by atoms with E-state index in [0.29, 0.717) is 11.6 Å². The van der Waals surface area contributed by atoms with Crippen molar-refractivity contribution in [3.8, 4) is 0 Å². The summed E-state index contributed by atoms with van der Waals surface area (Å²) in [5.74, 6) is -3.20. The van der Waals surface area contributed by atoms with Gasteiger partial charge >= 0.3 is 18.0 Å². The third-order valence-electron chi connectivity index (χ3n) is 3.75. The summed E-state index contributed by atoms with van der Waals surface area (Å²) < 4.78 is 5.48. The van der Waals surface area contributed by atoms with Crippen LogP contribution >= 0.6 is 0 Å². The third kappa shape index (κ3) is 7.14. The number of carboxylic acids is 2. The summed E-state index contributed by atoms with van der Waals surface area (Å²) in [7, 11) is 0. The average Bonchev–Trinajstić information content (AvgIpc) is 2.54. The molecular formula is C17H27N3O6. The number of amides is 1. The van der Waals surface area contributed by atoms with E-state index in [-0.39, 0.29) is 12.1 Å². The van der Waals surface area contributed by atoms with Gasteiger partial charge in [-0.15, -0.1) is 0 Å². The number of carbonyl (C=O) groups is 3. The highest BCUT2D eigenvalue weighted by Gasteiger charge is 2.33. The van der Waals surface area contributed by atoms with Crippen molar-refractivity contribution in [1.82, 2.24) is 10.2 Å². The van der Waals surface area contributed by atoms with Crippen LogP contribution in [-0.2, 0) is 14.3 Å². The molecule has 1 fully saturated rings. The van der Waals surface area contributed by atoms with E-state index in [1.54, 1.807) is 11.1 Å². The molecule has 2 aliphatic heterocycles. The molecule has 9 heteroatoms. The minimum Gasteiger partial charge on any atom is -0.473 e. The molecule has 2 aliphatic rings. The first-order valence-corrected chi connectivity index (χ1v) is 8.35. The molecule has 2 rings (SSSR count). The molecule has 9 nitrogen and oxygen atoms in total. The number of nitrogens with two attached hydrogens (primary N) is 1. The van der Waals surface area contributed by atoms with Crippen LogP contribution in [0, 0.1) is 5.92 Å². The predicted molar refractivity (Wildman–Crippen MR) is 94.1 cm³/mol. The maximum atomic E-state index is 12.4. The Labute approximate surface area is 152 Å². The molecule has 1 amide bonds. The lowest BCUT2D eigenvalue weighted by molar-refractivity contribution is -0.159. The predicted octanol–water partition coefficient (Wildman–Crippen LogP) is 1.12. The Morgan fingerprint density at radius 1 is 1.19 bits per heavy atom. The third-order valence-corrected chi connectivity index (χ3v) is 3.75. The molecule has 0 spiro atoms. The molecule has 0 aromatic rings. The van der Waals surface area contributed by atoms with Crippen LogP contribution in [0.5, 0.6) is 0 Å². The van der Waals surface area contributed by atoms with Crippen LogP contribution < -0.4 is 11.1 Å². The fourth-order valence-electron chi connectivity index (χ4n) is 2.65. The van der Waals surface area contributed by atoms with Gasteiger partial charge in [-0.1, -0.05) is 6.08 Å². The molecule has 0 aromatic heterocycles. The Morgan fingerprint density at radius 3 is 2.19 bits per heavy atom. The Hall–Kier alpha value is -2.55. The van der Waals surface area contributed by atoms with Crippen molar-refractivity contribution >= 4 is 18.0 Å². The van der Waals surface area contributed by atoms with E-state index in [1.165, 1.54) is 0 Å². The number of nitrogens with zero attached hydrogens (tertiary/aromatic N) is 1. The number of aliphatic carboxylic acids is 2. The van der Waals surface area contributed by atoms with E-state index < -0.39 is 17.5 Å². The number of rotatable bonds is 1. The minimum absolute atomic E-state index is 0.0410. The molecule has 2 heterocycles. The molecule has 0 bridgehead atoms. The molecule has 5 N–H and O–H groups in total. The quantitative estimate of drug-likeness (QED) is 0.504. The number of ether oxygens (including phenoxy) is 1. The first-order chi connectivity index (χ1) is 12.0. The molecule has 26 heavy (non-hydrogen) atoms. The van der Waals surface area contributed by atoms with Crippen molar-refractivity contribution in [1.29, 1.82) is 0 Å². The van der Waals surface area contributed by atoms with Gasteiger partial charge < -0.3 is 26.0 Å². The molecule has 1 saturated heterocycles. The van der Waals surface area contributed by atoms with Gasteiger partial charge in [0.15, 0.2) is 0 Å². The van der Waals surface area contributed by atoms with E-state index in [2.05, 4.69) is 5.32 Å². The highest BCUT2D eigenvalue weighted by Crippen LogP contribution is 2.27. The molecule has 0 saturated carbocycles. The van der Waals surface area contributed by atoms with Crippen LogP contribution in [0.2, 0.25) is 0 Å². The van der Waals surface area contributed by atoms with Crippen LogP contribution in [0.1, 0.15) is 33.6 Å². The first kappa shape index (κ1) is 21.5. The van der Waals surface area contributed by atoms with Crippen LogP contribution in [-0.4, -0.2) is 57.9 Å². The maximum absolute atomic E-state index is 12.4. The molecule has 0 aromatic carbocycles. The van der Waals surface area contributed by atoms with E-state index in [1.807, 2.05) is 32.9 Å². The van der Waals surface area contributed by atoms with Crippen molar-refractivity contribution in [3.63, 3.8) is 0 Å². The zero-order valence-corrected chi connectivity index (χ0v) is 15.3. The number of hydrogen-bond donors (Lipinski definition) is 4. The molecule has 146 valence electrons. The highest BCUT2D eigenvalue weighted by atomic mass is 16.6. The summed E-state index contributed by atoms with van der Waals surface area (Å²) in [6.45, 7) is 7.61. The number of carboxylic acid groups (broad SMARTS) is 2. The van der Waals surface area contributed by atoms with Crippen molar-refractivity contribution in [2.24, 2.45) is 11.7 Å². The molecule has 0 radical (unpaired) electrons. The topological polar surface area (TPSA) is 142 Å². The van der Waals surface area contributed by atoms with Crippen LogP contribution in [0.3, 0.4) is 0 Å². The molecule has 0 aliphatic carbocycles. The van der Waals surface area contributed by atoms with E-state index in [0.717, 1.165) is 25.9 Å². The second kappa shape index (κ2) is 9.23. The van der Waals surface area contributed by atoms with Crippen molar-refractivity contribution in [2.75, 3.05) is 13.1 Å². The summed E-state index contributed by atoms with van der Waals surface area (Å²) >= 11 is 0. The fourth-order valence-corrected chi connectivity index (χ4v) is 2.65. The van der Waals surface area contributed by atoms with Gasteiger partial charge in [0.2, 0.25) is 0 Å². The van der Waals surface area contributed by atoms with Crippen LogP contribution in [0.15, 0.2) is 24.0 Å². The lowest BCUT2D eigenvalue weighted by atomic mass is 9.88. The number of allylic oxidation sites excluding steroid dienone is 1. The minimum atomic E-state index is -1.82. The number of piperidine rings is 1. The Balaban J connectivity index is 0.000000487. The van der Waals surface area contributed by atoms with Crippen LogP contribution in [0.4, 0.5) is 4.79 Å². The summed E-state index contributed by atoms with van der Waals surface area (Å²) in [6, 6.07) is 0.0410. The van der Waals surface area contributed by atoms with E-state index in [4.69, 9.17) is 30.3 Å². The van der Waals surface area contributed by atoms with E-state index >= 15 is 0 Å². The van der Waals surface area contributed by atoms with Crippen molar-refractivity contribution in [3.05, 3.63) is 24.0 Å². The Bertz CT molecular complexity index is 576. The van der Waals surface area contributed by atoms with Crippen molar-refractivity contribution < 1.29 is 29.3 Å². The second-order valence-corrected chi connectivity index (χ2v) is 7.06.